The number of carbonyl (C=O) groups is 1. The van der Waals surface area contributed by atoms with Gasteiger partial charge in [0.1, 0.15) is 11.6 Å². The molecule has 0 aliphatic carbocycles. The zero-order valence-corrected chi connectivity index (χ0v) is 14.4. The Morgan fingerprint density at radius 2 is 1.96 bits per heavy atom. The summed E-state index contributed by atoms with van der Waals surface area (Å²) >= 11 is 5.73. The van der Waals surface area contributed by atoms with Crippen LogP contribution in [-0.4, -0.2) is 12.5 Å². The topological polar surface area (TPSA) is 38.3 Å². The van der Waals surface area contributed by atoms with Crippen molar-refractivity contribution in [2.75, 3.05) is 11.9 Å². The number of amides is 1. The Balaban J connectivity index is 2.02. The number of unbranched alkanes of at least 4 members (excludes halogenated alkanes) is 3. The highest BCUT2D eigenvalue weighted by molar-refractivity contribution is 6.31. The first-order valence-corrected chi connectivity index (χ1v) is 8.48. The van der Waals surface area contributed by atoms with Gasteiger partial charge in [-0.1, -0.05) is 49.9 Å². The minimum Gasteiger partial charge on any atom is -0.493 e. The normalized spacial score (nSPS) is 10.5. The number of anilines is 1. The van der Waals surface area contributed by atoms with E-state index in [1.165, 1.54) is 31.0 Å². The Bertz CT molecular complexity index is 691. The first-order valence-electron chi connectivity index (χ1n) is 8.10. The Morgan fingerprint density at radius 1 is 1.17 bits per heavy atom. The van der Waals surface area contributed by atoms with Crippen molar-refractivity contribution >= 4 is 23.2 Å². The lowest BCUT2D eigenvalue weighted by Gasteiger charge is -2.12. The summed E-state index contributed by atoms with van der Waals surface area (Å²) in [6.07, 6.45) is 4.41. The van der Waals surface area contributed by atoms with Crippen LogP contribution in [0.15, 0.2) is 42.5 Å². The van der Waals surface area contributed by atoms with Gasteiger partial charge in [-0.3, -0.25) is 4.79 Å². The molecule has 2 aromatic rings. The van der Waals surface area contributed by atoms with Crippen LogP contribution in [0.4, 0.5) is 10.1 Å². The fraction of sp³-hybridized carbons (Fsp3) is 0.316. The molecule has 0 atom stereocenters. The second kappa shape index (κ2) is 9.28. The minimum absolute atomic E-state index is 0.0340. The number of hydrogen-bond acceptors (Lipinski definition) is 2. The number of benzene rings is 2. The molecule has 24 heavy (non-hydrogen) atoms. The maximum absolute atomic E-state index is 13.2. The molecule has 0 aromatic heterocycles. The first-order chi connectivity index (χ1) is 11.6. The van der Waals surface area contributed by atoms with E-state index in [2.05, 4.69) is 12.2 Å². The van der Waals surface area contributed by atoms with Crippen molar-refractivity contribution in [2.24, 2.45) is 0 Å². The van der Waals surface area contributed by atoms with Gasteiger partial charge in [0.05, 0.1) is 17.2 Å². The average Bonchev–Trinajstić information content (AvgIpc) is 2.58. The van der Waals surface area contributed by atoms with Gasteiger partial charge in [-0.2, -0.15) is 0 Å². The average molecular weight is 350 g/mol. The minimum atomic E-state index is -0.523. The van der Waals surface area contributed by atoms with Crippen LogP contribution in [0.1, 0.15) is 43.0 Å². The smallest absolute Gasteiger partial charge is 0.259 e. The number of halogens is 2. The van der Waals surface area contributed by atoms with Crippen molar-refractivity contribution in [3.63, 3.8) is 0 Å². The van der Waals surface area contributed by atoms with Gasteiger partial charge in [0.15, 0.2) is 0 Å². The molecule has 0 spiro atoms. The third kappa shape index (κ3) is 5.24. The van der Waals surface area contributed by atoms with Crippen LogP contribution >= 0.6 is 11.6 Å². The van der Waals surface area contributed by atoms with E-state index in [0.29, 0.717) is 23.6 Å². The van der Waals surface area contributed by atoms with Crippen LogP contribution in [-0.2, 0) is 0 Å². The summed E-state index contributed by atoms with van der Waals surface area (Å²) in [5.41, 5.74) is 0.873. The van der Waals surface area contributed by atoms with E-state index in [-0.39, 0.29) is 10.9 Å². The van der Waals surface area contributed by atoms with Crippen LogP contribution in [0.5, 0.6) is 5.75 Å². The Labute approximate surface area is 146 Å². The predicted octanol–water partition coefficient (Wildman–Crippen LogP) is 5.69. The summed E-state index contributed by atoms with van der Waals surface area (Å²) in [5.74, 6) is -0.299. The van der Waals surface area contributed by atoms with E-state index in [4.69, 9.17) is 16.3 Å². The molecule has 5 heteroatoms. The molecule has 0 unspecified atom stereocenters. The molecule has 2 rings (SSSR count). The quantitative estimate of drug-likeness (QED) is 0.621. The van der Waals surface area contributed by atoms with E-state index < -0.39 is 5.82 Å². The van der Waals surface area contributed by atoms with Gasteiger partial charge in [0.25, 0.3) is 5.91 Å². The Morgan fingerprint density at radius 3 is 2.71 bits per heavy atom. The van der Waals surface area contributed by atoms with Gasteiger partial charge in [-0.05, 0) is 36.8 Å². The van der Waals surface area contributed by atoms with E-state index in [1.54, 1.807) is 18.2 Å². The number of nitrogens with one attached hydrogen (secondary N) is 1. The number of rotatable bonds is 8. The number of hydrogen-bond donors (Lipinski definition) is 1. The molecule has 1 N–H and O–H groups in total. The second-order valence-electron chi connectivity index (χ2n) is 5.49. The molecule has 0 fully saturated rings. The fourth-order valence-corrected chi connectivity index (χ4v) is 2.44. The van der Waals surface area contributed by atoms with Gasteiger partial charge in [0, 0.05) is 5.69 Å². The zero-order chi connectivity index (χ0) is 17.4. The highest BCUT2D eigenvalue weighted by Crippen LogP contribution is 2.23. The van der Waals surface area contributed by atoms with Crippen LogP contribution in [0.2, 0.25) is 5.02 Å². The molecule has 0 radical (unpaired) electrons. The van der Waals surface area contributed by atoms with Crippen molar-refractivity contribution in [3.05, 3.63) is 58.9 Å². The van der Waals surface area contributed by atoms with Crippen LogP contribution in [0.3, 0.4) is 0 Å². The summed E-state index contributed by atoms with van der Waals surface area (Å²) in [6, 6.07) is 11.1. The molecule has 0 heterocycles. The molecular weight excluding hydrogens is 329 g/mol. The van der Waals surface area contributed by atoms with Crippen LogP contribution in [0, 0.1) is 5.82 Å². The second-order valence-corrected chi connectivity index (χ2v) is 5.90. The Kier molecular flexibility index (Phi) is 7.07. The Hall–Kier alpha value is -2.07. The molecular formula is C19H21ClFNO2. The molecule has 0 aliphatic rings. The van der Waals surface area contributed by atoms with E-state index in [9.17, 15) is 9.18 Å². The van der Waals surface area contributed by atoms with Gasteiger partial charge in [-0.15, -0.1) is 0 Å². The predicted molar refractivity (Wildman–Crippen MR) is 95.4 cm³/mol. The van der Waals surface area contributed by atoms with E-state index >= 15 is 0 Å². The van der Waals surface area contributed by atoms with Crippen molar-refractivity contribution in [1.82, 2.24) is 0 Å². The lowest BCUT2D eigenvalue weighted by molar-refractivity contribution is 0.102. The van der Waals surface area contributed by atoms with Gasteiger partial charge >= 0.3 is 0 Å². The summed E-state index contributed by atoms with van der Waals surface area (Å²) in [7, 11) is 0. The van der Waals surface area contributed by atoms with Crippen molar-refractivity contribution in [2.45, 2.75) is 32.6 Å². The number of ether oxygens (including phenoxy) is 1. The largest absolute Gasteiger partial charge is 0.493 e. The standard InChI is InChI=1S/C19H21ClFNO2/c1-2-3-4-7-12-24-18-9-6-5-8-15(18)19(23)22-14-10-11-17(21)16(20)13-14/h5-6,8-11,13H,2-4,7,12H2,1H3,(H,22,23). The first kappa shape index (κ1) is 18.3. The molecule has 128 valence electrons. The van der Waals surface area contributed by atoms with Crippen LogP contribution in [0.25, 0.3) is 0 Å². The lowest BCUT2D eigenvalue weighted by Crippen LogP contribution is -2.14. The van der Waals surface area contributed by atoms with E-state index in [1.807, 2.05) is 6.07 Å². The summed E-state index contributed by atoms with van der Waals surface area (Å²) in [6.45, 7) is 2.73. The number of carbonyl (C=O) groups excluding carboxylic acids is 1. The van der Waals surface area contributed by atoms with Gasteiger partial charge in [-0.25, -0.2) is 4.39 Å². The van der Waals surface area contributed by atoms with Gasteiger partial charge < -0.3 is 10.1 Å². The maximum Gasteiger partial charge on any atom is 0.259 e. The molecule has 0 aliphatic heterocycles. The SMILES string of the molecule is CCCCCCOc1ccccc1C(=O)Nc1ccc(F)c(Cl)c1. The van der Waals surface area contributed by atoms with Crippen molar-refractivity contribution < 1.29 is 13.9 Å². The monoisotopic (exact) mass is 349 g/mol. The highest BCUT2D eigenvalue weighted by Gasteiger charge is 2.13. The third-order valence-corrected chi connectivity index (χ3v) is 3.85. The van der Waals surface area contributed by atoms with Gasteiger partial charge in [0.2, 0.25) is 0 Å². The summed E-state index contributed by atoms with van der Waals surface area (Å²) in [5, 5.41) is 2.67. The molecule has 2 aromatic carbocycles. The molecule has 3 nitrogen and oxygen atoms in total. The zero-order valence-electron chi connectivity index (χ0n) is 13.6. The molecule has 0 bridgehead atoms. The maximum atomic E-state index is 13.2. The highest BCUT2D eigenvalue weighted by atomic mass is 35.5. The number of para-hydroxylation sites is 1. The van der Waals surface area contributed by atoms with Crippen LogP contribution < -0.4 is 10.1 Å². The molecule has 1 amide bonds. The van der Waals surface area contributed by atoms with E-state index in [0.717, 1.165) is 12.8 Å². The molecule has 0 saturated heterocycles. The summed E-state index contributed by atoms with van der Waals surface area (Å²) < 4.78 is 18.9. The molecule has 0 saturated carbocycles. The fourth-order valence-electron chi connectivity index (χ4n) is 2.26. The summed E-state index contributed by atoms with van der Waals surface area (Å²) in [4.78, 5) is 12.4. The van der Waals surface area contributed by atoms with Crippen molar-refractivity contribution in [1.29, 1.82) is 0 Å². The lowest BCUT2D eigenvalue weighted by atomic mass is 10.1. The third-order valence-electron chi connectivity index (χ3n) is 3.56. The van der Waals surface area contributed by atoms with Crippen molar-refractivity contribution in [3.8, 4) is 5.75 Å².